The van der Waals surface area contributed by atoms with Gasteiger partial charge in [-0.25, -0.2) is 0 Å². The van der Waals surface area contributed by atoms with Crippen molar-refractivity contribution in [3.05, 3.63) is 34.9 Å². The maximum atomic E-state index is 11.9. The van der Waals surface area contributed by atoms with Crippen molar-refractivity contribution in [1.29, 1.82) is 0 Å². The van der Waals surface area contributed by atoms with Gasteiger partial charge in [0.25, 0.3) is 5.91 Å². The van der Waals surface area contributed by atoms with Crippen LogP contribution in [0.3, 0.4) is 0 Å². The number of hydrogen-bond acceptors (Lipinski definition) is 1. The molecule has 0 spiro atoms. The van der Waals surface area contributed by atoms with Crippen molar-refractivity contribution in [2.75, 3.05) is 13.1 Å². The molecule has 1 saturated heterocycles. The molecule has 2 rings (SSSR count). The summed E-state index contributed by atoms with van der Waals surface area (Å²) in [5.41, 5.74) is 3.15. The maximum absolute atomic E-state index is 11.9. The van der Waals surface area contributed by atoms with Crippen molar-refractivity contribution >= 4 is 5.91 Å². The molecule has 1 aromatic carbocycles. The molecule has 74 valence electrons. The summed E-state index contributed by atoms with van der Waals surface area (Å²) in [7, 11) is 0. The van der Waals surface area contributed by atoms with Crippen LogP contribution in [0.2, 0.25) is 0 Å². The van der Waals surface area contributed by atoms with Gasteiger partial charge in [0.05, 0.1) is 0 Å². The Kier molecular flexibility index (Phi) is 2.28. The molecule has 1 heterocycles. The number of benzene rings is 1. The standard InChI is InChI=1S/C12H15NO/c1-9-4-5-11(10(2)8-9)12(14)13-6-3-7-13/h4-5,8H,3,6-7H2,1-2H3. The van der Waals surface area contributed by atoms with E-state index in [2.05, 4.69) is 6.07 Å². The van der Waals surface area contributed by atoms with Crippen molar-refractivity contribution in [3.63, 3.8) is 0 Å². The van der Waals surface area contributed by atoms with Crippen molar-refractivity contribution < 1.29 is 4.79 Å². The third-order valence-electron chi connectivity index (χ3n) is 2.76. The molecule has 1 fully saturated rings. The first-order chi connectivity index (χ1) is 6.68. The summed E-state index contributed by atoms with van der Waals surface area (Å²) in [5.74, 6) is 0.189. The largest absolute Gasteiger partial charge is 0.339 e. The fourth-order valence-corrected chi connectivity index (χ4v) is 1.74. The van der Waals surface area contributed by atoms with Crippen molar-refractivity contribution in [3.8, 4) is 0 Å². The van der Waals surface area contributed by atoms with E-state index in [9.17, 15) is 4.79 Å². The second-order valence-corrected chi connectivity index (χ2v) is 3.96. The van der Waals surface area contributed by atoms with Gasteiger partial charge in [0.1, 0.15) is 0 Å². The summed E-state index contributed by atoms with van der Waals surface area (Å²) in [6.45, 7) is 5.89. The van der Waals surface area contributed by atoms with E-state index in [0.29, 0.717) is 0 Å². The first-order valence-corrected chi connectivity index (χ1v) is 5.05. The molecule has 0 radical (unpaired) electrons. The molecule has 0 aliphatic carbocycles. The highest BCUT2D eigenvalue weighted by molar-refractivity contribution is 5.96. The molecule has 0 saturated carbocycles. The molecule has 2 heteroatoms. The lowest BCUT2D eigenvalue weighted by molar-refractivity contribution is 0.0651. The Bertz CT molecular complexity index is 367. The van der Waals surface area contributed by atoms with Gasteiger partial charge in [0.15, 0.2) is 0 Å². The summed E-state index contributed by atoms with van der Waals surface area (Å²) >= 11 is 0. The second-order valence-electron chi connectivity index (χ2n) is 3.96. The Labute approximate surface area is 84.5 Å². The summed E-state index contributed by atoms with van der Waals surface area (Å²) in [6.07, 6.45) is 1.15. The summed E-state index contributed by atoms with van der Waals surface area (Å²) in [5, 5.41) is 0. The molecule has 14 heavy (non-hydrogen) atoms. The van der Waals surface area contributed by atoms with Crippen LogP contribution in [-0.2, 0) is 0 Å². The third-order valence-corrected chi connectivity index (χ3v) is 2.76. The van der Waals surface area contributed by atoms with E-state index < -0.39 is 0 Å². The highest BCUT2D eigenvalue weighted by atomic mass is 16.2. The number of amides is 1. The molecule has 0 bridgehead atoms. The Hall–Kier alpha value is -1.31. The monoisotopic (exact) mass is 189 g/mol. The quantitative estimate of drug-likeness (QED) is 0.663. The first kappa shape index (κ1) is 9.25. The molecule has 1 aromatic rings. The van der Waals surface area contributed by atoms with E-state index in [0.717, 1.165) is 30.6 Å². The number of likely N-dealkylation sites (tertiary alicyclic amines) is 1. The minimum atomic E-state index is 0.189. The van der Waals surface area contributed by atoms with Crippen LogP contribution >= 0.6 is 0 Å². The topological polar surface area (TPSA) is 20.3 Å². The Morgan fingerprint density at radius 2 is 2.00 bits per heavy atom. The molecule has 1 aliphatic rings. The Morgan fingerprint density at radius 1 is 1.29 bits per heavy atom. The fraction of sp³-hybridized carbons (Fsp3) is 0.417. The van der Waals surface area contributed by atoms with Crippen LogP contribution in [0.1, 0.15) is 27.9 Å². The molecule has 2 nitrogen and oxygen atoms in total. The zero-order chi connectivity index (χ0) is 10.1. The normalized spacial score (nSPS) is 15.1. The molecule has 0 aromatic heterocycles. The van der Waals surface area contributed by atoms with Crippen molar-refractivity contribution in [2.24, 2.45) is 0 Å². The van der Waals surface area contributed by atoms with Gasteiger partial charge in [0, 0.05) is 18.7 Å². The Morgan fingerprint density at radius 3 is 2.50 bits per heavy atom. The van der Waals surface area contributed by atoms with Gasteiger partial charge in [0.2, 0.25) is 0 Å². The molecule has 0 atom stereocenters. The predicted octanol–water partition coefficient (Wildman–Crippen LogP) is 2.15. The van der Waals surface area contributed by atoms with Crippen LogP contribution < -0.4 is 0 Å². The van der Waals surface area contributed by atoms with Crippen LogP contribution in [0, 0.1) is 13.8 Å². The molecule has 0 unspecified atom stereocenters. The smallest absolute Gasteiger partial charge is 0.254 e. The van der Waals surface area contributed by atoms with E-state index in [1.54, 1.807) is 0 Å². The van der Waals surface area contributed by atoms with Crippen molar-refractivity contribution in [2.45, 2.75) is 20.3 Å². The summed E-state index contributed by atoms with van der Waals surface area (Å²) in [6, 6.07) is 6.00. The van der Waals surface area contributed by atoms with Gasteiger partial charge in [-0.3, -0.25) is 4.79 Å². The van der Waals surface area contributed by atoms with Crippen LogP contribution in [0.25, 0.3) is 0 Å². The molecular formula is C12H15NO. The first-order valence-electron chi connectivity index (χ1n) is 5.05. The molecule has 0 N–H and O–H groups in total. The minimum Gasteiger partial charge on any atom is -0.339 e. The predicted molar refractivity (Wildman–Crippen MR) is 56.4 cm³/mol. The zero-order valence-electron chi connectivity index (χ0n) is 8.71. The highest BCUT2D eigenvalue weighted by Gasteiger charge is 2.22. The average Bonchev–Trinajstić information content (AvgIpc) is 2.00. The number of rotatable bonds is 1. The van der Waals surface area contributed by atoms with E-state index in [4.69, 9.17) is 0 Å². The lowest BCUT2D eigenvalue weighted by atomic mass is 10.0. The van der Waals surface area contributed by atoms with Crippen LogP contribution in [0.4, 0.5) is 0 Å². The van der Waals surface area contributed by atoms with Crippen LogP contribution in [0.15, 0.2) is 18.2 Å². The Balaban J connectivity index is 2.26. The lowest BCUT2D eigenvalue weighted by Crippen LogP contribution is -2.42. The SMILES string of the molecule is Cc1ccc(C(=O)N2CCC2)c(C)c1. The highest BCUT2D eigenvalue weighted by Crippen LogP contribution is 2.16. The van der Waals surface area contributed by atoms with Crippen molar-refractivity contribution in [1.82, 2.24) is 4.90 Å². The van der Waals surface area contributed by atoms with E-state index in [-0.39, 0.29) is 5.91 Å². The summed E-state index contributed by atoms with van der Waals surface area (Å²) < 4.78 is 0. The fourth-order valence-electron chi connectivity index (χ4n) is 1.74. The van der Waals surface area contributed by atoms with Gasteiger partial charge in [-0.05, 0) is 31.9 Å². The lowest BCUT2D eigenvalue weighted by Gasteiger charge is -2.31. The van der Waals surface area contributed by atoms with Gasteiger partial charge >= 0.3 is 0 Å². The molecule has 1 aliphatic heterocycles. The number of nitrogens with zero attached hydrogens (tertiary/aromatic N) is 1. The summed E-state index contributed by atoms with van der Waals surface area (Å²) in [4.78, 5) is 13.8. The van der Waals surface area contributed by atoms with Gasteiger partial charge in [-0.2, -0.15) is 0 Å². The van der Waals surface area contributed by atoms with Crippen LogP contribution in [0.5, 0.6) is 0 Å². The van der Waals surface area contributed by atoms with Gasteiger partial charge in [-0.1, -0.05) is 17.7 Å². The zero-order valence-corrected chi connectivity index (χ0v) is 8.71. The number of carbonyl (C=O) groups excluding carboxylic acids is 1. The average molecular weight is 189 g/mol. The van der Waals surface area contributed by atoms with E-state index >= 15 is 0 Å². The molecule has 1 amide bonds. The minimum absolute atomic E-state index is 0.189. The third kappa shape index (κ3) is 1.52. The van der Waals surface area contributed by atoms with E-state index in [1.165, 1.54) is 5.56 Å². The maximum Gasteiger partial charge on any atom is 0.254 e. The second kappa shape index (κ2) is 3.45. The molecular weight excluding hydrogens is 174 g/mol. The van der Waals surface area contributed by atoms with Crippen LogP contribution in [-0.4, -0.2) is 23.9 Å². The number of aryl methyl sites for hydroxylation is 2. The van der Waals surface area contributed by atoms with Gasteiger partial charge in [-0.15, -0.1) is 0 Å². The van der Waals surface area contributed by atoms with Gasteiger partial charge < -0.3 is 4.90 Å². The number of carbonyl (C=O) groups is 1. The van der Waals surface area contributed by atoms with E-state index in [1.807, 2.05) is 30.9 Å². The number of hydrogen-bond donors (Lipinski definition) is 0.